The van der Waals surface area contributed by atoms with Gasteiger partial charge >= 0.3 is 6.18 Å². The van der Waals surface area contributed by atoms with E-state index in [9.17, 15) is 27.9 Å². The Hall–Kier alpha value is -2.95. The average molecular weight is 397 g/mol. The van der Waals surface area contributed by atoms with Crippen molar-refractivity contribution in [3.05, 3.63) is 41.2 Å². The zero-order valence-corrected chi connectivity index (χ0v) is 14.7. The number of amides is 2. The highest BCUT2D eigenvalue weighted by molar-refractivity contribution is 5.95. The Kier molecular flexibility index (Phi) is 5.63. The van der Waals surface area contributed by atoms with Crippen molar-refractivity contribution in [3.63, 3.8) is 0 Å². The predicted molar refractivity (Wildman–Crippen MR) is 91.0 cm³/mol. The lowest BCUT2D eigenvalue weighted by molar-refractivity contribution is -0.123. The van der Waals surface area contributed by atoms with Crippen molar-refractivity contribution in [3.8, 4) is 5.69 Å². The molecule has 1 heterocycles. The van der Waals surface area contributed by atoms with Crippen molar-refractivity contribution in [2.75, 3.05) is 13.2 Å². The maximum atomic E-state index is 12.3. The molecule has 0 saturated heterocycles. The van der Waals surface area contributed by atoms with Crippen LogP contribution < -0.4 is 10.6 Å². The molecule has 2 amide bonds. The van der Waals surface area contributed by atoms with E-state index in [4.69, 9.17) is 0 Å². The van der Waals surface area contributed by atoms with E-state index >= 15 is 0 Å². The van der Waals surface area contributed by atoms with Crippen molar-refractivity contribution in [2.24, 2.45) is 0 Å². The van der Waals surface area contributed by atoms with Gasteiger partial charge in [-0.3, -0.25) is 9.59 Å². The van der Waals surface area contributed by atoms with Gasteiger partial charge in [-0.15, -0.1) is 5.10 Å². The lowest BCUT2D eigenvalue weighted by atomic mass is 10.1. The van der Waals surface area contributed by atoms with E-state index in [2.05, 4.69) is 15.6 Å². The summed E-state index contributed by atoms with van der Waals surface area (Å²) in [6.07, 6.45) is -1.10. The minimum absolute atomic E-state index is 0.0169. The third kappa shape index (κ3) is 5.06. The quantitative estimate of drug-likeness (QED) is 0.646. The fourth-order valence-corrected chi connectivity index (χ4v) is 2.53. The number of halogens is 3. The zero-order chi connectivity index (χ0) is 20.3. The number of rotatable bonds is 7. The molecule has 0 bridgehead atoms. The third-order valence-corrected chi connectivity index (χ3v) is 4.06. The van der Waals surface area contributed by atoms with Gasteiger partial charge in [0.1, 0.15) is 6.54 Å². The highest BCUT2D eigenvalue weighted by atomic mass is 19.4. The summed E-state index contributed by atoms with van der Waals surface area (Å²) in [6.45, 7) is -1.68. The molecule has 1 aliphatic carbocycles. The first-order chi connectivity index (χ1) is 13.3. The van der Waals surface area contributed by atoms with Crippen LogP contribution in [0.1, 0.15) is 39.3 Å². The Labute approximate surface area is 157 Å². The molecule has 1 aromatic heterocycles. The topological polar surface area (TPSA) is 109 Å². The fourth-order valence-electron chi connectivity index (χ4n) is 2.53. The molecule has 0 spiro atoms. The molecule has 2 aromatic rings. The Morgan fingerprint density at radius 3 is 2.64 bits per heavy atom. The van der Waals surface area contributed by atoms with Crippen LogP contribution in [-0.4, -0.2) is 57.3 Å². The number of benzene rings is 1. The lowest BCUT2D eigenvalue weighted by Gasteiger charge is -2.12. The summed E-state index contributed by atoms with van der Waals surface area (Å²) >= 11 is 0. The predicted octanol–water partition coefficient (Wildman–Crippen LogP) is 0.986. The fraction of sp³-hybridized carbons (Fsp3) is 0.412. The zero-order valence-electron chi connectivity index (χ0n) is 14.7. The second kappa shape index (κ2) is 7.97. The molecular formula is C17H18F3N5O3. The molecule has 0 radical (unpaired) electrons. The van der Waals surface area contributed by atoms with Gasteiger partial charge in [0.15, 0.2) is 5.69 Å². The molecular weight excluding hydrogens is 379 g/mol. The van der Waals surface area contributed by atoms with E-state index in [0.717, 1.165) is 12.8 Å². The first-order valence-corrected chi connectivity index (χ1v) is 8.59. The number of carbonyl (C=O) groups is 2. The number of hydrogen-bond acceptors (Lipinski definition) is 5. The van der Waals surface area contributed by atoms with Gasteiger partial charge in [-0.25, -0.2) is 4.68 Å². The van der Waals surface area contributed by atoms with E-state index in [1.54, 1.807) is 5.32 Å². The number of aliphatic hydroxyl groups excluding tert-OH is 1. The van der Waals surface area contributed by atoms with Crippen molar-refractivity contribution >= 4 is 11.8 Å². The summed E-state index contributed by atoms with van der Waals surface area (Å²) in [7, 11) is 0. The summed E-state index contributed by atoms with van der Waals surface area (Å²) in [6, 6.07) is 4.36. The second-order valence-electron chi connectivity index (χ2n) is 6.41. The molecule has 3 N–H and O–H groups in total. The van der Waals surface area contributed by atoms with Crippen molar-refractivity contribution in [1.29, 1.82) is 0 Å². The van der Waals surface area contributed by atoms with E-state index in [1.807, 2.05) is 0 Å². The molecule has 1 aliphatic rings. The number of nitrogens with zero attached hydrogens (tertiary/aromatic N) is 3. The van der Waals surface area contributed by atoms with Crippen LogP contribution in [0.3, 0.4) is 0 Å². The first kappa shape index (κ1) is 19.8. The minimum atomic E-state index is -4.51. The van der Waals surface area contributed by atoms with Gasteiger partial charge in [0.25, 0.3) is 11.8 Å². The normalized spacial score (nSPS) is 14.0. The molecule has 0 atom stereocenters. The molecule has 150 valence electrons. The number of aliphatic hydroxyl groups is 1. The minimum Gasteiger partial charge on any atom is -0.396 e. The SMILES string of the molecule is O=C(NCC(F)(F)F)c1ccc(-n2cc(C(=O)NC3CC3)nn2)c(CCO)c1. The summed E-state index contributed by atoms with van der Waals surface area (Å²) < 4.78 is 38.1. The van der Waals surface area contributed by atoms with E-state index in [0.29, 0.717) is 11.3 Å². The summed E-state index contributed by atoms with van der Waals surface area (Å²) in [5, 5.41) is 21.6. The molecule has 8 nitrogen and oxygen atoms in total. The Morgan fingerprint density at radius 1 is 1.25 bits per heavy atom. The average Bonchev–Trinajstić information content (AvgIpc) is 3.31. The largest absolute Gasteiger partial charge is 0.405 e. The number of alkyl halides is 3. The van der Waals surface area contributed by atoms with Crippen LogP contribution in [0.4, 0.5) is 13.2 Å². The Bertz CT molecular complexity index is 877. The van der Waals surface area contributed by atoms with Gasteiger partial charge in [-0.2, -0.15) is 13.2 Å². The maximum Gasteiger partial charge on any atom is 0.405 e. The van der Waals surface area contributed by atoms with E-state index < -0.39 is 18.6 Å². The maximum absolute atomic E-state index is 12.3. The van der Waals surface area contributed by atoms with Crippen LogP contribution in [0.15, 0.2) is 24.4 Å². The summed E-state index contributed by atoms with van der Waals surface area (Å²) in [5.74, 6) is -1.23. The molecule has 3 rings (SSSR count). The highest BCUT2D eigenvalue weighted by Crippen LogP contribution is 2.20. The standard InChI is InChI=1S/C17H18F3N5O3/c18-17(19,20)9-21-15(27)11-1-4-14(10(7-11)5-6-26)25-8-13(23-24-25)16(28)22-12-2-3-12/h1,4,7-8,12,26H,2-3,5-6,9H2,(H,21,27)(H,22,28). The van der Waals surface area contributed by atoms with Crippen LogP contribution in [0.25, 0.3) is 5.69 Å². The van der Waals surface area contributed by atoms with Crippen LogP contribution >= 0.6 is 0 Å². The first-order valence-electron chi connectivity index (χ1n) is 8.59. The lowest BCUT2D eigenvalue weighted by Crippen LogP contribution is -2.33. The number of aromatic nitrogens is 3. The van der Waals surface area contributed by atoms with Gasteiger partial charge in [-0.05, 0) is 43.0 Å². The monoisotopic (exact) mass is 397 g/mol. The van der Waals surface area contributed by atoms with Crippen molar-refractivity contribution < 1.29 is 27.9 Å². The van der Waals surface area contributed by atoms with Gasteiger partial charge in [0.05, 0.1) is 11.9 Å². The molecule has 0 unspecified atom stereocenters. The van der Waals surface area contributed by atoms with Crippen LogP contribution in [0, 0.1) is 0 Å². The third-order valence-electron chi connectivity index (χ3n) is 4.06. The van der Waals surface area contributed by atoms with Crippen LogP contribution in [-0.2, 0) is 6.42 Å². The van der Waals surface area contributed by atoms with Crippen molar-refractivity contribution in [2.45, 2.75) is 31.5 Å². The summed E-state index contributed by atoms with van der Waals surface area (Å²) in [5.41, 5.74) is 1.07. The van der Waals surface area contributed by atoms with Gasteiger partial charge in [0.2, 0.25) is 0 Å². The molecule has 1 aromatic carbocycles. The highest BCUT2D eigenvalue weighted by Gasteiger charge is 2.28. The molecule has 1 saturated carbocycles. The van der Waals surface area contributed by atoms with Crippen molar-refractivity contribution in [1.82, 2.24) is 25.6 Å². The van der Waals surface area contributed by atoms with Gasteiger partial charge in [0, 0.05) is 18.2 Å². The molecule has 0 aliphatic heterocycles. The van der Waals surface area contributed by atoms with E-state index in [1.165, 1.54) is 29.1 Å². The van der Waals surface area contributed by atoms with E-state index in [-0.39, 0.29) is 36.2 Å². The van der Waals surface area contributed by atoms with Crippen LogP contribution in [0.2, 0.25) is 0 Å². The number of nitrogens with one attached hydrogen (secondary N) is 2. The number of carbonyl (C=O) groups excluding carboxylic acids is 2. The molecule has 1 fully saturated rings. The number of hydrogen-bond donors (Lipinski definition) is 3. The second-order valence-corrected chi connectivity index (χ2v) is 6.41. The smallest absolute Gasteiger partial charge is 0.396 e. The Morgan fingerprint density at radius 2 is 2.00 bits per heavy atom. The van der Waals surface area contributed by atoms with Gasteiger partial charge in [-0.1, -0.05) is 5.21 Å². The Balaban J connectivity index is 1.80. The molecule has 11 heteroatoms. The molecule has 28 heavy (non-hydrogen) atoms. The van der Waals surface area contributed by atoms with Crippen LogP contribution in [0.5, 0.6) is 0 Å². The van der Waals surface area contributed by atoms with Gasteiger partial charge < -0.3 is 15.7 Å². The summed E-state index contributed by atoms with van der Waals surface area (Å²) in [4.78, 5) is 24.0.